The number of ketones is 1. The third kappa shape index (κ3) is 3.53. The van der Waals surface area contributed by atoms with Gasteiger partial charge in [-0.05, 0) is 45.0 Å². The van der Waals surface area contributed by atoms with Gasteiger partial charge in [-0.2, -0.15) is 0 Å². The van der Waals surface area contributed by atoms with Crippen LogP contribution in [0.4, 0.5) is 5.69 Å². The van der Waals surface area contributed by atoms with Crippen molar-refractivity contribution in [2.45, 2.75) is 37.0 Å². The molecule has 148 valence electrons. The lowest BCUT2D eigenvalue weighted by Gasteiger charge is -2.21. The fraction of sp³-hybridized carbons (Fsp3) is 0.227. The molecule has 2 atom stereocenters. The van der Waals surface area contributed by atoms with Gasteiger partial charge in [-0.1, -0.05) is 18.2 Å². The van der Waals surface area contributed by atoms with Gasteiger partial charge < -0.3 is 15.0 Å². The second-order valence-corrected chi connectivity index (χ2v) is 8.43. The van der Waals surface area contributed by atoms with Crippen LogP contribution in [-0.4, -0.2) is 34.0 Å². The van der Waals surface area contributed by atoms with Crippen LogP contribution >= 0.6 is 11.8 Å². The van der Waals surface area contributed by atoms with Crippen molar-refractivity contribution in [3.8, 4) is 0 Å². The van der Waals surface area contributed by atoms with Gasteiger partial charge >= 0.3 is 5.97 Å². The summed E-state index contributed by atoms with van der Waals surface area (Å²) in [5.41, 5.74) is 3.00. The van der Waals surface area contributed by atoms with Gasteiger partial charge in [0.05, 0.1) is 16.5 Å². The summed E-state index contributed by atoms with van der Waals surface area (Å²) >= 11 is 1.44. The minimum absolute atomic E-state index is 0.105. The van der Waals surface area contributed by atoms with Crippen LogP contribution < -0.4 is 5.32 Å². The number of aryl methyl sites for hydroxylation is 1. The summed E-state index contributed by atoms with van der Waals surface area (Å²) in [5.74, 6) is -0.973. The van der Waals surface area contributed by atoms with E-state index in [1.165, 1.54) is 11.8 Å². The number of hydrogen-bond donors (Lipinski definition) is 2. The standard InChI is InChI=1S/C22H20N2O4S/c1-11-19(15-6-4-5-7-16(15)23-11)20(25)12(2)28-22(27)14-8-9-18-17(10-14)24-21(26)13(3)29-18/h4-10,12-13,23H,1-3H3,(H,24,26). The number of ether oxygens (including phenoxy) is 1. The topological polar surface area (TPSA) is 88.3 Å². The van der Waals surface area contributed by atoms with Gasteiger partial charge in [-0.3, -0.25) is 9.59 Å². The van der Waals surface area contributed by atoms with Crippen LogP contribution in [0.25, 0.3) is 10.9 Å². The molecule has 7 heteroatoms. The van der Waals surface area contributed by atoms with Crippen molar-refractivity contribution in [1.29, 1.82) is 0 Å². The van der Waals surface area contributed by atoms with Crippen LogP contribution in [0.15, 0.2) is 47.4 Å². The number of aromatic amines is 1. The molecule has 0 bridgehead atoms. The first-order valence-corrected chi connectivity index (χ1v) is 10.2. The van der Waals surface area contributed by atoms with Gasteiger partial charge in [0, 0.05) is 27.1 Å². The van der Waals surface area contributed by atoms with E-state index in [2.05, 4.69) is 10.3 Å². The first-order valence-electron chi connectivity index (χ1n) is 9.29. The average Bonchev–Trinajstić information content (AvgIpc) is 3.03. The van der Waals surface area contributed by atoms with Crippen molar-refractivity contribution >= 4 is 46.0 Å². The molecule has 0 fully saturated rings. The average molecular weight is 408 g/mol. The maximum atomic E-state index is 13.0. The Morgan fingerprint density at radius 1 is 1.17 bits per heavy atom. The predicted octanol–water partition coefficient (Wildman–Crippen LogP) is 4.34. The number of rotatable bonds is 4. The maximum Gasteiger partial charge on any atom is 0.338 e. The Bertz CT molecular complexity index is 1150. The molecule has 1 amide bonds. The number of esters is 1. The first kappa shape index (κ1) is 19.3. The molecule has 1 aliphatic rings. The Morgan fingerprint density at radius 2 is 1.93 bits per heavy atom. The zero-order valence-corrected chi connectivity index (χ0v) is 17.1. The van der Waals surface area contributed by atoms with Gasteiger partial charge in [-0.25, -0.2) is 4.79 Å². The van der Waals surface area contributed by atoms with E-state index in [0.29, 0.717) is 11.3 Å². The molecule has 3 aromatic rings. The molecular weight excluding hydrogens is 388 g/mol. The van der Waals surface area contributed by atoms with Gasteiger partial charge in [0.15, 0.2) is 6.10 Å². The summed E-state index contributed by atoms with van der Waals surface area (Å²) in [6.45, 7) is 5.22. The number of H-pyrrole nitrogens is 1. The first-order chi connectivity index (χ1) is 13.8. The Morgan fingerprint density at radius 3 is 2.72 bits per heavy atom. The number of amides is 1. The molecule has 29 heavy (non-hydrogen) atoms. The lowest BCUT2D eigenvalue weighted by atomic mass is 10.0. The van der Waals surface area contributed by atoms with Crippen molar-refractivity contribution in [2.75, 3.05) is 5.32 Å². The molecular formula is C22H20N2O4S. The lowest BCUT2D eigenvalue weighted by Crippen LogP contribution is -2.27. The summed E-state index contributed by atoms with van der Waals surface area (Å²) in [5, 5.41) is 3.42. The normalized spacial score (nSPS) is 16.8. The minimum Gasteiger partial charge on any atom is -0.451 e. The van der Waals surface area contributed by atoms with Gasteiger partial charge in [0.1, 0.15) is 0 Å². The zero-order chi connectivity index (χ0) is 20.7. The maximum absolute atomic E-state index is 13.0. The molecule has 4 rings (SSSR count). The van der Waals surface area contributed by atoms with E-state index in [1.807, 2.05) is 38.1 Å². The molecule has 2 aromatic carbocycles. The van der Waals surface area contributed by atoms with Crippen LogP contribution in [-0.2, 0) is 9.53 Å². The molecule has 1 aromatic heterocycles. The molecule has 6 nitrogen and oxygen atoms in total. The molecule has 0 saturated heterocycles. The molecule has 1 aliphatic heterocycles. The summed E-state index contributed by atoms with van der Waals surface area (Å²) < 4.78 is 5.44. The summed E-state index contributed by atoms with van der Waals surface area (Å²) in [6, 6.07) is 12.5. The van der Waals surface area contributed by atoms with Crippen LogP contribution in [0, 0.1) is 6.92 Å². The van der Waals surface area contributed by atoms with Crippen LogP contribution in [0.1, 0.15) is 40.3 Å². The van der Waals surface area contributed by atoms with E-state index in [1.54, 1.807) is 25.1 Å². The third-order valence-electron chi connectivity index (χ3n) is 4.94. The van der Waals surface area contributed by atoms with Crippen molar-refractivity contribution in [2.24, 2.45) is 0 Å². The quantitative estimate of drug-likeness (QED) is 0.495. The highest BCUT2D eigenvalue weighted by Crippen LogP contribution is 2.36. The number of carbonyl (C=O) groups is 3. The fourth-order valence-corrected chi connectivity index (χ4v) is 4.35. The second-order valence-electron chi connectivity index (χ2n) is 7.04. The fourth-order valence-electron chi connectivity index (χ4n) is 3.42. The van der Waals surface area contributed by atoms with Crippen LogP contribution in [0.3, 0.4) is 0 Å². The lowest BCUT2D eigenvalue weighted by molar-refractivity contribution is -0.115. The number of nitrogens with one attached hydrogen (secondary N) is 2. The minimum atomic E-state index is -0.944. The zero-order valence-electron chi connectivity index (χ0n) is 16.2. The number of aromatic nitrogens is 1. The number of carbonyl (C=O) groups excluding carboxylic acids is 3. The van der Waals surface area contributed by atoms with Gasteiger partial charge in [0.2, 0.25) is 11.7 Å². The summed E-state index contributed by atoms with van der Waals surface area (Å²) in [7, 11) is 0. The van der Waals surface area contributed by atoms with E-state index in [-0.39, 0.29) is 22.5 Å². The van der Waals surface area contributed by atoms with Crippen molar-refractivity contribution < 1.29 is 19.1 Å². The monoisotopic (exact) mass is 408 g/mol. The Kier molecular flexibility index (Phi) is 4.92. The summed E-state index contributed by atoms with van der Waals surface area (Å²) in [4.78, 5) is 41.5. The number of para-hydroxylation sites is 1. The molecule has 0 radical (unpaired) electrons. The van der Waals surface area contributed by atoms with Gasteiger partial charge in [0.25, 0.3) is 0 Å². The highest BCUT2D eigenvalue weighted by atomic mass is 32.2. The van der Waals surface area contributed by atoms with E-state index >= 15 is 0 Å². The molecule has 2 N–H and O–H groups in total. The molecule has 0 saturated carbocycles. The van der Waals surface area contributed by atoms with Crippen LogP contribution in [0.2, 0.25) is 0 Å². The number of anilines is 1. The van der Waals surface area contributed by atoms with E-state index in [4.69, 9.17) is 4.74 Å². The van der Waals surface area contributed by atoms with Crippen molar-refractivity contribution in [3.05, 3.63) is 59.3 Å². The van der Waals surface area contributed by atoms with Crippen molar-refractivity contribution in [1.82, 2.24) is 4.98 Å². The number of benzene rings is 2. The molecule has 0 aliphatic carbocycles. The van der Waals surface area contributed by atoms with Gasteiger partial charge in [-0.15, -0.1) is 11.8 Å². The largest absolute Gasteiger partial charge is 0.451 e. The van der Waals surface area contributed by atoms with E-state index in [9.17, 15) is 14.4 Å². The highest BCUT2D eigenvalue weighted by Gasteiger charge is 2.27. The van der Waals surface area contributed by atoms with E-state index in [0.717, 1.165) is 21.5 Å². The number of hydrogen-bond acceptors (Lipinski definition) is 5. The number of thioether (sulfide) groups is 1. The molecule has 2 heterocycles. The third-order valence-corrected chi connectivity index (χ3v) is 6.12. The van der Waals surface area contributed by atoms with Crippen LogP contribution in [0.5, 0.6) is 0 Å². The van der Waals surface area contributed by atoms with E-state index < -0.39 is 12.1 Å². The smallest absolute Gasteiger partial charge is 0.338 e. The molecule has 2 unspecified atom stereocenters. The highest BCUT2D eigenvalue weighted by molar-refractivity contribution is 8.00. The Labute approximate surface area is 172 Å². The number of fused-ring (bicyclic) bond motifs is 2. The summed E-state index contributed by atoms with van der Waals surface area (Å²) in [6.07, 6.45) is -0.944. The Hall–Kier alpha value is -3.06. The predicted molar refractivity (Wildman–Crippen MR) is 113 cm³/mol. The number of Topliss-reactive ketones (excluding diaryl/α,β-unsaturated/α-hetero) is 1. The molecule has 0 spiro atoms. The van der Waals surface area contributed by atoms with Crippen molar-refractivity contribution in [3.63, 3.8) is 0 Å². The Balaban J connectivity index is 1.54. The SMILES string of the molecule is Cc1[nH]c2ccccc2c1C(=O)C(C)OC(=O)c1ccc2c(c1)NC(=O)C(C)S2. The second kappa shape index (κ2) is 7.40.